The van der Waals surface area contributed by atoms with Crippen LogP contribution < -0.4 is 0 Å². The Balaban J connectivity index is 1.95. The van der Waals surface area contributed by atoms with Gasteiger partial charge in [0, 0.05) is 31.3 Å². The summed E-state index contributed by atoms with van der Waals surface area (Å²) in [5.74, 6) is 0.400. The van der Waals surface area contributed by atoms with Gasteiger partial charge in [-0.15, -0.1) is 0 Å². The highest BCUT2D eigenvalue weighted by Crippen LogP contribution is 2.30. The topological polar surface area (TPSA) is 32.7 Å². The van der Waals surface area contributed by atoms with Crippen molar-refractivity contribution in [3.63, 3.8) is 0 Å². The van der Waals surface area contributed by atoms with Crippen LogP contribution in [-0.4, -0.2) is 35.8 Å². The Hall–Kier alpha value is -1.06. The number of phenols is 1. The third-order valence-electron chi connectivity index (χ3n) is 3.81. The minimum absolute atomic E-state index is 0.272. The number of phenolic OH excluding ortho intramolecular Hbond substituents is 1. The van der Waals surface area contributed by atoms with Crippen LogP contribution in [0.5, 0.6) is 5.75 Å². The molecule has 1 saturated heterocycles. The van der Waals surface area contributed by atoms with Gasteiger partial charge in [0.05, 0.1) is 6.10 Å². The molecule has 0 bridgehead atoms. The summed E-state index contributed by atoms with van der Waals surface area (Å²) in [6, 6.07) is 7.90. The molecule has 0 radical (unpaired) electrons. The van der Waals surface area contributed by atoms with Crippen LogP contribution in [0.2, 0.25) is 0 Å². The summed E-state index contributed by atoms with van der Waals surface area (Å²) < 4.78 is 5.66. The molecule has 0 saturated carbocycles. The summed E-state index contributed by atoms with van der Waals surface area (Å²) in [7, 11) is 0. The van der Waals surface area contributed by atoms with Crippen molar-refractivity contribution < 1.29 is 9.84 Å². The lowest BCUT2D eigenvalue weighted by atomic mass is 10.0. The molecule has 1 atom stereocenters. The minimum Gasteiger partial charge on any atom is -0.508 e. The minimum atomic E-state index is 0.272. The summed E-state index contributed by atoms with van der Waals surface area (Å²) in [5.41, 5.74) is 1.02. The lowest BCUT2D eigenvalue weighted by molar-refractivity contribution is 0.00536. The number of nitrogens with zero attached hydrogens (tertiary/aromatic N) is 1. The van der Waals surface area contributed by atoms with E-state index in [9.17, 15) is 5.11 Å². The maximum absolute atomic E-state index is 9.90. The summed E-state index contributed by atoms with van der Waals surface area (Å²) in [6.45, 7) is 7.10. The van der Waals surface area contributed by atoms with Crippen molar-refractivity contribution in [2.24, 2.45) is 0 Å². The van der Waals surface area contributed by atoms with Crippen LogP contribution in [0, 0.1) is 0 Å². The van der Waals surface area contributed by atoms with E-state index < -0.39 is 0 Å². The van der Waals surface area contributed by atoms with Gasteiger partial charge in [-0.2, -0.15) is 0 Å². The summed E-state index contributed by atoms with van der Waals surface area (Å²) in [5, 5.41) is 9.90. The summed E-state index contributed by atoms with van der Waals surface area (Å²) in [4.78, 5) is 2.42. The van der Waals surface area contributed by atoms with Crippen molar-refractivity contribution >= 4 is 0 Å². The first-order valence-electron chi connectivity index (χ1n) is 6.86. The van der Waals surface area contributed by atoms with Crippen molar-refractivity contribution in [1.82, 2.24) is 4.90 Å². The molecular formula is C15H23NO2. The van der Waals surface area contributed by atoms with E-state index in [0.29, 0.717) is 11.9 Å². The molecule has 3 heteroatoms. The molecule has 100 valence electrons. The third kappa shape index (κ3) is 3.03. The molecular weight excluding hydrogens is 226 g/mol. The van der Waals surface area contributed by atoms with E-state index >= 15 is 0 Å². The molecule has 1 N–H and O–H groups in total. The molecule has 1 aliphatic rings. The SMILES string of the molecule is CCOC1CCN(C(C)c2ccccc2O)CC1. The van der Waals surface area contributed by atoms with E-state index in [0.717, 1.165) is 38.1 Å². The molecule has 2 rings (SSSR count). The number of likely N-dealkylation sites (tertiary alicyclic amines) is 1. The molecule has 0 aromatic heterocycles. The van der Waals surface area contributed by atoms with Gasteiger partial charge >= 0.3 is 0 Å². The van der Waals surface area contributed by atoms with Crippen LogP contribution in [0.4, 0.5) is 0 Å². The number of hydrogen-bond donors (Lipinski definition) is 1. The van der Waals surface area contributed by atoms with Gasteiger partial charge in [0.2, 0.25) is 0 Å². The Morgan fingerprint density at radius 1 is 1.33 bits per heavy atom. The van der Waals surface area contributed by atoms with Gasteiger partial charge in [0.1, 0.15) is 5.75 Å². The standard InChI is InChI=1S/C15H23NO2/c1-3-18-13-8-10-16(11-9-13)12(2)14-6-4-5-7-15(14)17/h4-7,12-13,17H,3,8-11H2,1-2H3. The van der Waals surface area contributed by atoms with Gasteiger partial charge in [-0.3, -0.25) is 4.90 Å². The first-order chi connectivity index (χ1) is 8.72. The van der Waals surface area contributed by atoms with Crippen LogP contribution in [-0.2, 0) is 4.74 Å². The third-order valence-corrected chi connectivity index (χ3v) is 3.81. The fraction of sp³-hybridized carbons (Fsp3) is 0.600. The van der Waals surface area contributed by atoms with E-state index in [-0.39, 0.29) is 6.04 Å². The molecule has 18 heavy (non-hydrogen) atoms. The lowest BCUT2D eigenvalue weighted by Crippen LogP contribution is -2.38. The second-order valence-corrected chi connectivity index (χ2v) is 4.93. The Morgan fingerprint density at radius 3 is 2.61 bits per heavy atom. The van der Waals surface area contributed by atoms with Gasteiger partial charge < -0.3 is 9.84 Å². The van der Waals surface area contributed by atoms with Crippen LogP contribution >= 0.6 is 0 Å². The van der Waals surface area contributed by atoms with Crippen molar-refractivity contribution in [3.05, 3.63) is 29.8 Å². The normalized spacial score (nSPS) is 19.9. The highest BCUT2D eigenvalue weighted by Gasteiger charge is 2.24. The van der Waals surface area contributed by atoms with Crippen LogP contribution in [0.3, 0.4) is 0 Å². The van der Waals surface area contributed by atoms with Crippen molar-refractivity contribution in [2.45, 2.75) is 38.8 Å². The Labute approximate surface area is 109 Å². The first kappa shape index (κ1) is 13.4. The number of aromatic hydroxyl groups is 1. The number of benzene rings is 1. The van der Waals surface area contributed by atoms with Crippen LogP contribution in [0.15, 0.2) is 24.3 Å². The largest absolute Gasteiger partial charge is 0.508 e. The number of hydrogen-bond acceptors (Lipinski definition) is 3. The Morgan fingerprint density at radius 2 is 2.00 bits per heavy atom. The molecule has 1 aromatic carbocycles. The fourth-order valence-electron chi connectivity index (χ4n) is 2.70. The highest BCUT2D eigenvalue weighted by atomic mass is 16.5. The van der Waals surface area contributed by atoms with Gasteiger partial charge in [0.25, 0.3) is 0 Å². The molecule has 1 fully saturated rings. The van der Waals surface area contributed by atoms with E-state index in [1.165, 1.54) is 0 Å². The van der Waals surface area contributed by atoms with Gasteiger partial charge in [-0.1, -0.05) is 18.2 Å². The monoisotopic (exact) mass is 249 g/mol. The quantitative estimate of drug-likeness (QED) is 0.890. The zero-order valence-electron chi connectivity index (χ0n) is 11.3. The highest BCUT2D eigenvalue weighted by molar-refractivity contribution is 5.34. The number of rotatable bonds is 4. The molecule has 0 aliphatic carbocycles. The van der Waals surface area contributed by atoms with E-state index in [4.69, 9.17) is 4.74 Å². The zero-order chi connectivity index (χ0) is 13.0. The second-order valence-electron chi connectivity index (χ2n) is 4.93. The zero-order valence-corrected chi connectivity index (χ0v) is 11.3. The number of ether oxygens (including phenoxy) is 1. The molecule has 0 spiro atoms. The lowest BCUT2D eigenvalue weighted by Gasteiger charge is -2.36. The van der Waals surface area contributed by atoms with E-state index in [2.05, 4.69) is 18.7 Å². The van der Waals surface area contributed by atoms with E-state index in [1.54, 1.807) is 6.07 Å². The molecule has 1 unspecified atom stereocenters. The molecule has 1 aromatic rings. The average molecular weight is 249 g/mol. The van der Waals surface area contributed by atoms with Crippen LogP contribution in [0.25, 0.3) is 0 Å². The van der Waals surface area contributed by atoms with E-state index in [1.807, 2.05) is 18.2 Å². The fourth-order valence-corrected chi connectivity index (χ4v) is 2.70. The molecule has 1 aliphatic heterocycles. The van der Waals surface area contributed by atoms with Crippen molar-refractivity contribution in [1.29, 1.82) is 0 Å². The van der Waals surface area contributed by atoms with Crippen molar-refractivity contribution in [2.75, 3.05) is 19.7 Å². The predicted octanol–water partition coefficient (Wildman–Crippen LogP) is 2.95. The molecule has 0 amide bonds. The van der Waals surface area contributed by atoms with Crippen LogP contribution in [0.1, 0.15) is 38.3 Å². The number of piperidine rings is 1. The summed E-state index contributed by atoms with van der Waals surface area (Å²) >= 11 is 0. The van der Waals surface area contributed by atoms with Gasteiger partial charge in [-0.05, 0) is 32.8 Å². The van der Waals surface area contributed by atoms with Crippen molar-refractivity contribution in [3.8, 4) is 5.75 Å². The summed E-state index contributed by atoms with van der Waals surface area (Å²) in [6.07, 6.45) is 2.60. The second kappa shape index (κ2) is 6.21. The van der Waals surface area contributed by atoms with Gasteiger partial charge in [-0.25, -0.2) is 0 Å². The predicted molar refractivity (Wildman–Crippen MR) is 72.7 cm³/mol. The number of para-hydroxylation sites is 1. The molecule has 3 nitrogen and oxygen atoms in total. The first-order valence-corrected chi connectivity index (χ1v) is 6.86. The maximum Gasteiger partial charge on any atom is 0.120 e. The smallest absolute Gasteiger partial charge is 0.120 e. The maximum atomic E-state index is 9.90. The van der Waals surface area contributed by atoms with Gasteiger partial charge in [0.15, 0.2) is 0 Å². The Kier molecular flexibility index (Phi) is 4.61. The Bertz CT molecular complexity index is 373. The molecule has 1 heterocycles. The average Bonchev–Trinajstić information content (AvgIpc) is 2.40.